The molecule has 33 heavy (non-hydrogen) atoms. The summed E-state index contributed by atoms with van der Waals surface area (Å²) in [7, 11) is 3.02. The smallest absolute Gasteiger partial charge is 0.324 e. The molecule has 0 aliphatic carbocycles. The van der Waals surface area contributed by atoms with Crippen LogP contribution in [-0.2, 0) is 6.61 Å². The molecule has 3 aromatic carbocycles. The van der Waals surface area contributed by atoms with Crippen LogP contribution in [0.1, 0.15) is 5.56 Å². The Labute approximate surface area is 187 Å². The Balaban J connectivity index is 1.49. The van der Waals surface area contributed by atoms with Gasteiger partial charge in [-0.2, -0.15) is 5.10 Å². The van der Waals surface area contributed by atoms with Crippen molar-refractivity contribution in [2.24, 2.45) is 0 Å². The first-order valence-corrected chi connectivity index (χ1v) is 9.81. The highest BCUT2D eigenvalue weighted by Gasteiger charge is 2.13. The Hall–Kier alpha value is -4.34. The molecular formula is C23H20F2N4O4. The Kier molecular flexibility index (Phi) is 6.25. The number of rotatable bonds is 7. The van der Waals surface area contributed by atoms with Gasteiger partial charge in [0.25, 0.3) is 0 Å². The number of fused-ring (bicyclic) bond motifs is 1. The number of amides is 2. The highest BCUT2D eigenvalue weighted by molar-refractivity contribution is 6.04. The molecule has 0 fully saturated rings. The van der Waals surface area contributed by atoms with E-state index in [0.29, 0.717) is 33.8 Å². The number of urea groups is 1. The van der Waals surface area contributed by atoms with Crippen molar-refractivity contribution in [3.63, 3.8) is 0 Å². The predicted octanol–water partition coefficient (Wildman–Crippen LogP) is 5.08. The SMILES string of the molecule is COc1cc(NC(=O)Nc2n[nH]c3ccc(OCc4c(F)cccc4F)cc23)cc(OC)c1. The summed E-state index contributed by atoms with van der Waals surface area (Å²) in [5.41, 5.74) is 0.925. The van der Waals surface area contributed by atoms with Crippen LogP contribution in [0.2, 0.25) is 0 Å². The number of anilines is 2. The molecule has 4 rings (SSSR count). The molecule has 0 spiro atoms. The lowest BCUT2D eigenvalue weighted by molar-refractivity contribution is 0.262. The van der Waals surface area contributed by atoms with Crippen molar-refractivity contribution in [3.05, 3.63) is 71.8 Å². The number of benzene rings is 3. The number of nitrogens with zero attached hydrogens (tertiary/aromatic N) is 1. The van der Waals surface area contributed by atoms with Gasteiger partial charge in [-0.25, -0.2) is 13.6 Å². The van der Waals surface area contributed by atoms with Crippen molar-refractivity contribution in [3.8, 4) is 17.2 Å². The molecule has 1 aromatic heterocycles. The summed E-state index contributed by atoms with van der Waals surface area (Å²) in [5, 5.41) is 12.8. The molecule has 8 nitrogen and oxygen atoms in total. The first kappa shape index (κ1) is 21.9. The Morgan fingerprint density at radius 2 is 1.64 bits per heavy atom. The second-order valence-corrected chi connectivity index (χ2v) is 6.95. The van der Waals surface area contributed by atoms with E-state index in [9.17, 15) is 13.6 Å². The zero-order valence-corrected chi connectivity index (χ0v) is 17.7. The van der Waals surface area contributed by atoms with Gasteiger partial charge in [-0.05, 0) is 30.3 Å². The van der Waals surface area contributed by atoms with Crippen LogP contribution >= 0.6 is 0 Å². The van der Waals surface area contributed by atoms with E-state index in [2.05, 4.69) is 20.8 Å². The molecule has 1 heterocycles. The van der Waals surface area contributed by atoms with Gasteiger partial charge < -0.3 is 19.5 Å². The van der Waals surface area contributed by atoms with Gasteiger partial charge in [0.05, 0.1) is 25.3 Å². The van der Waals surface area contributed by atoms with Crippen LogP contribution in [0.5, 0.6) is 17.2 Å². The number of halogens is 2. The topological polar surface area (TPSA) is 97.5 Å². The minimum Gasteiger partial charge on any atom is -0.497 e. The quantitative estimate of drug-likeness (QED) is 0.362. The van der Waals surface area contributed by atoms with E-state index in [1.807, 2.05) is 0 Å². The van der Waals surface area contributed by atoms with Crippen LogP contribution in [0.15, 0.2) is 54.6 Å². The molecular weight excluding hydrogens is 434 g/mol. The largest absolute Gasteiger partial charge is 0.497 e. The molecule has 0 aliphatic heterocycles. The predicted molar refractivity (Wildman–Crippen MR) is 119 cm³/mol. The molecule has 0 radical (unpaired) electrons. The third kappa shape index (κ3) is 4.95. The summed E-state index contributed by atoms with van der Waals surface area (Å²) in [4.78, 5) is 12.5. The van der Waals surface area contributed by atoms with Crippen LogP contribution in [-0.4, -0.2) is 30.4 Å². The minimum atomic E-state index is -0.687. The van der Waals surface area contributed by atoms with Gasteiger partial charge >= 0.3 is 6.03 Å². The van der Waals surface area contributed by atoms with Crippen LogP contribution in [0, 0.1) is 11.6 Å². The molecule has 170 valence electrons. The Bertz CT molecular complexity index is 1270. The highest BCUT2D eigenvalue weighted by atomic mass is 19.1. The standard InChI is InChI=1S/C23H20F2N4O4/c1-31-15-8-13(9-16(10-15)32-2)26-23(30)27-22-17-11-14(6-7-21(17)28-29-22)33-12-18-19(24)4-3-5-20(18)25/h3-11H,12H2,1-2H3,(H3,26,27,28,29,30). The summed E-state index contributed by atoms with van der Waals surface area (Å²) in [6.07, 6.45) is 0. The fourth-order valence-corrected chi connectivity index (χ4v) is 3.15. The zero-order chi connectivity index (χ0) is 23.4. The maximum absolute atomic E-state index is 13.8. The third-order valence-electron chi connectivity index (χ3n) is 4.82. The number of methoxy groups -OCH3 is 2. The maximum atomic E-state index is 13.8. The van der Waals surface area contributed by atoms with Crippen molar-refractivity contribution >= 4 is 28.4 Å². The fraction of sp³-hybridized carbons (Fsp3) is 0.130. The van der Waals surface area contributed by atoms with Crippen molar-refractivity contribution in [2.45, 2.75) is 6.61 Å². The summed E-state index contributed by atoms with van der Waals surface area (Å²) >= 11 is 0. The summed E-state index contributed by atoms with van der Waals surface area (Å²) in [5.74, 6) is 0.263. The molecule has 0 atom stereocenters. The zero-order valence-electron chi connectivity index (χ0n) is 17.7. The molecule has 2 amide bonds. The van der Waals surface area contributed by atoms with Crippen LogP contribution in [0.25, 0.3) is 10.9 Å². The lowest BCUT2D eigenvalue weighted by Crippen LogP contribution is -2.19. The van der Waals surface area contributed by atoms with Gasteiger partial charge in [0.15, 0.2) is 5.82 Å². The number of hydrogen-bond acceptors (Lipinski definition) is 5. The van der Waals surface area contributed by atoms with Crippen LogP contribution < -0.4 is 24.8 Å². The van der Waals surface area contributed by atoms with Gasteiger partial charge in [0.1, 0.15) is 35.5 Å². The van der Waals surface area contributed by atoms with Crippen molar-refractivity contribution in [1.29, 1.82) is 0 Å². The average molecular weight is 454 g/mol. The average Bonchev–Trinajstić information content (AvgIpc) is 3.20. The van der Waals surface area contributed by atoms with Crippen molar-refractivity contribution in [1.82, 2.24) is 10.2 Å². The second kappa shape index (κ2) is 9.43. The number of ether oxygens (including phenoxy) is 3. The van der Waals surface area contributed by atoms with E-state index in [1.165, 1.54) is 32.4 Å². The van der Waals surface area contributed by atoms with Crippen molar-refractivity contribution in [2.75, 3.05) is 24.9 Å². The number of aromatic amines is 1. The first-order chi connectivity index (χ1) is 16.0. The number of carbonyl (C=O) groups is 1. The number of nitrogens with one attached hydrogen (secondary N) is 3. The molecule has 0 aliphatic rings. The van der Waals surface area contributed by atoms with Gasteiger partial charge in [-0.1, -0.05) is 6.07 Å². The van der Waals surface area contributed by atoms with E-state index >= 15 is 0 Å². The molecule has 0 unspecified atom stereocenters. The van der Waals surface area contributed by atoms with E-state index < -0.39 is 17.7 Å². The normalized spacial score (nSPS) is 10.7. The lowest BCUT2D eigenvalue weighted by Gasteiger charge is -2.10. The van der Waals surface area contributed by atoms with E-state index in [0.717, 1.165) is 0 Å². The highest BCUT2D eigenvalue weighted by Crippen LogP contribution is 2.28. The van der Waals surface area contributed by atoms with Gasteiger partial charge in [-0.3, -0.25) is 10.4 Å². The number of hydrogen-bond donors (Lipinski definition) is 3. The monoisotopic (exact) mass is 454 g/mol. The molecule has 0 saturated carbocycles. The second-order valence-electron chi connectivity index (χ2n) is 6.95. The molecule has 10 heteroatoms. The summed E-state index contributed by atoms with van der Waals surface area (Å²) < 4.78 is 43.6. The van der Waals surface area contributed by atoms with E-state index in [1.54, 1.807) is 36.4 Å². The van der Waals surface area contributed by atoms with E-state index in [-0.39, 0.29) is 18.0 Å². The molecule has 3 N–H and O–H groups in total. The Morgan fingerprint density at radius 1 is 0.939 bits per heavy atom. The van der Waals surface area contributed by atoms with Crippen molar-refractivity contribution < 1.29 is 27.8 Å². The number of H-pyrrole nitrogens is 1. The molecule has 0 saturated heterocycles. The summed E-state index contributed by atoms with van der Waals surface area (Å²) in [6, 6.07) is 13.0. The van der Waals surface area contributed by atoms with Gasteiger partial charge in [0.2, 0.25) is 0 Å². The molecule has 4 aromatic rings. The summed E-state index contributed by atoms with van der Waals surface area (Å²) in [6.45, 7) is -0.289. The first-order valence-electron chi connectivity index (χ1n) is 9.81. The fourth-order valence-electron chi connectivity index (χ4n) is 3.15. The van der Waals surface area contributed by atoms with E-state index in [4.69, 9.17) is 14.2 Å². The maximum Gasteiger partial charge on any atom is 0.324 e. The lowest BCUT2D eigenvalue weighted by atomic mass is 10.2. The van der Waals surface area contributed by atoms with Crippen LogP contribution in [0.4, 0.5) is 25.1 Å². The van der Waals surface area contributed by atoms with Gasteiger partial charge in [0, 0.05) is 29.3 Å². The Morgan fingerprint density at radius 3 is 2.30 bits per heavy atom. The third-order valence-corrected chi connectivity index (χ3v) is 4.82. The van der Waals surface area contributed by atoms with Crippen LogP contribution in [0.3, 0.4) is 0 Å². The molecule has 0 bridgehead atoms. The number of aromatic nitrogens is 2. The van der Waals surface area contributed by atoms with Gasteiger partial charge in [-0.15, -0.1) is 0 Å². The minimum absolute atomic E-state index is 0.170. The number of carbonyl (C=O) groups excluding carboxylic acids is 1.